The predicted molar refractivity (Wildman–Crippen MR) is 50.6 cm³/mol. The first kappa shape index (κ1) is 12.4. The third-order valence-corrected chi connectivity index (χ3v) is 1.86. The van der Waals surface area contributed by atoms with E-state index in [9.17, 15) is 4.79 Å². The van der Waals surface area contributed by atoms with Crippen molar-refractivity contribution in [2.45, 2.75) is 25.9 Å². The maximum absolute atomic E-state index is 10.7. The summed E-state index contributed by atoms with van der Waals surface area (Å²) in [6.07, 6.45) is 2.30. The van der Waals surface area contributed by atoms with Gasteiger partial charge in [-0.3, -0.25) is 4.79 Å². The molecule has 0 aliphatic heterocycles. The standard InChI is InChI=1S/C9H19NO3/c1-8(12-2)5-4-6-10-7-9(11)13-3/h8,10H,4-7H2,1-3H3. The van der Waals surface area contributed by atoms with Gasteiger partial charge in [0, 0.05) is 7.11 Å². The minimum Gasteiger partial charge on any atom is -0.468 e. The van der Waals surface area contributed by atoms with Gasteiger partial charge in [-0.15, -0.1) is 0 Å². The molecule has 0 spiro atoms. The Bertz CT molecular complexity index is 139. The van der Waals surface area contributed by atoms with Crippen LogP contribution in [0.15, 0.2) is 0 Å². The lowest BCUT2D eigenvalue weighted by Crippen LogP contribution is -2.25. The van der Waals surface area contributed by atoms with Gasteiger partial charge in [-0.2, -0.15) is 0 Å². The average Bonchev–Trinajstić information content (AvgIpc) is 2.16. The summed E-state index contributed by atoms with van der Waals surface area (Å²) in [5, 5.41) is 2.99. The van der Waals surface area contributed by atoms with Crippen molar-refractivity contribution in [3.63, 3.8) is 0 Å². The fraction of sp³-hybridized carbons (Fsp3) is 0.889. The van der Waals surface area contributed by atoms with Crippen LogP contribution in [-0.4, -0.2) is 39.4 Å². The number of carbonyl (C=O) groups excluding carboxylic acids is 1. The van der Waals surface area contributed by atoms with E-state index in [1.54, 1.807) is 7.11 Å². The molecule has 1 N–H and O–H groups in total. The van der Waals surface area contributed by atoms with Crippen molar-refractivity contribution < 1.29 is 14.3 Å². The minimum absolute atomic E-state index is 0.222. The van der Waals surface area contributed by atoms with Crippen LogP contribution in [0, 0.1) is 0 Å². The summed E-state index contributed by atoms with van der Waals surface area (Å²) in [6.45, 7) is 3.14. The molecule has 0 amide bonds. The van der Waals surface area contributed by atoms with E-state index in [1.165, 1.54) is 7.11 Å². The van der Waals surface area contributed by atoms with Crippen molar-refractivity contribution in [3.05, 3.63) is 0 Å². The molecule has 1 unspecified atom stereocenters. The topological polar surface area (TPSA) is 47.6 Å². The molecule has 0 fully saturated rings. The quantitative estimate of drug-likeness (QED) is 0.469. The van der Waals surface area contributed by atoms with Crippen molar-refractivity contribution in [2.75, 3.05) is 27.3 Å². The first-order valence-electron chi connectivity index (χ1n) is 4.51. The summed E-state index contributed by atoms with van der Waals surface area (Å²) in [5.74, 6) is -0.222. The molecule has 78 valence electrons. The molecular weight excluding hydrogens is 170 g/mol. The Morgan fingerprint density at radius 3 is 2.69 bits per heavy atom. The van der Waals surface area contributed by atoms with E-state index >= 15 is 0 Å². The molecule has 0 aromatic carbocycles. The first-order chi connectivity index (χ1) is 6.20. The second-order valence-corrected chi connectivity index (χ2v) is 2.94. The molecule has 0 aliphatic rings. The normalized spacial score (nSPS) is 12.5. The SMILES string of the molecule is COC(=O)CNCCCC(C)OC. The molecular formula is C9H19NO3. The number of carbonyl (C=O) groups is 1. The van der Waals surface area contributed by atoms with Crippen molar-refractivity contribution in [1.29, 1.82) is 0 Å². The van der Waals surface area contributed by atoms with Gasteiger partial charge in [-0.05, 0) is 26.3 Å². The lowest BCUT2D eigenvalue weighted by molar-refractivity contribution is -0.139. The largest absolute Gasteiger partial charge is 0.468 e. The highest BCUT2D eigenvalue weighted by Gasteiger charge is 2.00. The molecule has 4 nitrogen and oxygen atoms in total. The van der Waals surface area contributed by atoms with Crippen molar-refractivity contribution in [1.82, 2.24) is 5.32 Å². The van der Waals surface area contributed by atoms with Gasteiger partial charge in [-0.25, -0.2) is 0 Å². The van der Waals surface area contributed by atoms with E-state index in [-0.39, 0.29) is 12.5 Å². The second-order valence-electron chi connectivity index (χ2n) is 2.94. The van der Waals surface area contributed by atoms with Crippen molar-refractivity contribution in [2.24, 2.45) is 0 Å². The molecule has 0 aliphatic carbocycles. The number of hydrogen-bond donors (Lipinski definition) is 1. The van der Waals surface area contributed by atoms with E-state index < -0.39 is 0 Å². The number of nitrogens with one attached hydrogen (secondary N) is 1. The zero-order valence-electron chi connectivity index (χ0n) is 8.63. The molecule has 0 saturated heterocycles. The highest BCUT2D eigenvalue weighted by Crippen LogP contribution is 1.97. The molecule has 0 heterocycles. The summed E-state index contributed by atoms with van der Waals surface area (Å²) in [6, 6.07) is 0. The third kappa shape index (κ3) is 7.74. The molecule has 0 aromatic rings. The zero-order valence-corrected chi connectivity index (χ0v) is 8.63. The fourth-order valence-corrected chi connectivity index (χ4v) is 0.895. The lowest BCUT2D eigenvalue weighted by Gasteiger charge is -2.08. The lowest BCUT2D eigenvalue weighted by atomic mass is 10.2. The van der Waals surface area contributed by atoms with Crippen LogP contribution in [0.25, 0.3) is 0 Å². The van der Waals surface area contributed by atoms with Gasteiger partial charge in [0.25, 0.3) is 0 Å². The molecule has 4 heteroatoms. The van der Waals surface area contributed by atoms with Gasteiger partial charge in [0.15, 0.2) is 0 Å². The number of methoxy groups -OCH3 is 2. The molecule has 0 radical (unpaired) electrons. The van der Waals surface area contributed by atoms with E-state index in [0.29, 0.717) is 6.10 Å². The van der Waals surface area contributed by atoms with Crippen LogP contribution in [0.5, 0.6) is 0 Å². The minimum atomic E-state index is -0.222. The Morgan fingerprint density at radius 1 is 1.46 bits per heavy atom. The summed E-state index contributed by atoms with van der Waals surface area (Å²) in [4.78, 5) is 10.7. The maximum Gasteiger partial charge on any atom is 0.319 e. The maximum atomic E-state index is 10.7. The number of ether oxygens (including phenoxy) is 2. The van der Waals surface area contributed by atoms with Gasteiger partial charge >= 0.3 is 5.97 Å². The molecule has 0 saturated carbocycles. The van der Waals surface area contributed by atoms with Crippen molar-refractivity contribution >= 4 is 5.97 Å². The summed E-state index contributed by atoms with van der Waals surface area (Å²) in [5.41, 5.74) is 0. The molecule has 13 heavy (non-hydrogen) atoms. The third-order valence-electron chi connectivity index (χ3n) is 1.86. The molecule has 0 rings (SSSR count). The van der Waals surface area contributed by atoms with Crippen LogP contribution in [0.2, 0.25) is 0 Å². The molecule has 1 atom stereocenters. The monoisotopic (exact) mass is 189 g/mol. The van der Waals surface area contributed by atoms with Gasteiger partial charge < -0.3 is 14.8 Å². The fourth-order valence-electron chi connectivity index (χ4n) is 0.895. The zero-order chi connectivity index (χ0) is 10.1. The van der Waals surface area contributed by atoms with E-state index in [1.807, 2.05) is 6.92 Å². The van der Waals surface area contributed by atoms with E-state index in [0.717, 1.165) is 19.4 Å². The highest BCUT2D eigenvalue weighted by molar-refractivity contribution is 5.71. The van der Waals surface area contributed by atoms with Gasteiger partial charge in [0.1, 0.15) is 0 Å². The Hall–Kier alpha value is -0.610. The second kappa shape index (κ2) is 8.01. The van der Waals surface area contributed by atoms with Gasteiger partial charge in [0.2, 0.25) is 0 Å². The highest BCUT2D eigenvalue weighted by atomic mass is 16.5. The Balaban J connectivity index is 3.12. The Kier molecular flexibility index (Phi) is 7.63. The predicted octanol–water partition coefficient (Wildman–Crippen LogP) is 0.564. The van der Waals surface area contributed by atoms with Crippen LogP contribution >= 0.6 is 0 Å². The van der Waals surface area contributed by atoms with Gasteiger partial charge in [-0.1, -0.05) is 0 Å². The van der Waals surface area contributed by atoms with E-state index in [2.05, 4.69) is 10.1 Å². The van der Waals surface area contributed by atoms with E-state index in [4.69, 9.17) is 4.74 Å². The summed E-state index contributed by atoms with van der Waals surface area (Å²) < 4.78 is 9.55. The van der Waals surface area contributed by atoms with Crippen LogP contribution < -0.4 is 5.32 Å². The summed E-state index contributed by atoms with van der Waals surface area (Å²) >= 11 is 0. The first-order valence-corrected chi connectivity index (χ1v) is 4.51. The van der Waals surface area contributed by atoms with Crippen LogP contribution in [0.4, 0.5) is 0 Å². The summed E-state index contributed by atoms with van der Waals surface area (Å²) in [7, 11) is 3.09. The number of rotatable bonds is 7. The average molecular weight is 189 g/mol. The van der Waals surface area contributed by atoms with Crippen molar-refractivity contribution in [3.8, 4) is 0 Å². The number of hydrogen-bond acceptors (Lipinski definition) is 4. The van der Waals surface area contributed by atoms with Gasteiger partial charge in [0.05, 0.1) is 19.8 Å². The number of esters is 1. The Morgan fingerprint density at radius 2 is 2.15 bits per heavy atom. The molecule has 0 aromatic heterocycles. The Labute approximate surface area is 79.6 Å². The van der Waals surface area contributed by atoms with Crippen LogP contribution in [0.3, 0.4) is 0 Å². The van der Waals surface area contributed by atoms with Crippen LogP contribution in [0.1, 0.15) is 19.8 Å². The molecule has 0 bridgehead atoms. The van der Waals surface area contributed by atoms with Crippen LogP contribution in [-0.2, 0) is 14.3 Å². The smallest absolute Gasteiger partial charge is 0.319 e.